The van der Waals surface area contributed by atoms with Crippen LogP contribution in [-0.2, 0) is 11.3 Å². The van der Waals surface area contributed by atoms with Gasteiger partial charge in [-0.25, -0.2) is 15.0 Å². The number of anilines is 2. The highest BCUT2D eigenvalue weighted by molar-refractivity contribution is 5.88. The molecule has 0 saturated heterocycles. The molecule has 3 aromatic heterocycles. The third-order valence-corrected chi connectivity index (χ3v) is 4.33. The Kier molecular flexibility index (Phi) is 5.03. The first-order chi connectivity index (χ1) is 14.2. The summed E-state index contributed by atoms with van der Waals surface area (Å²) in [6.45, 7) is 9.56. The van der Waals surface area contributed by atoms with E-state index in [1.54, 1.807) is 12.4 Å². The molecule has 0 fully saturated rings. The number of hydrogen-bond acceptors (Lipinski definition) is 5. The zero-order valence-electron chi connectivity index (χ0n) is 15.5. The quantitative estimate of drug-likeness (QED) is 0.499. The van der Waals surface area contributed by atoms with E-state index in [1.165, 1.54) is 6.08 Å². The molecule has 1 aromatic carbocycles. The summed E-state index contributed by atoms with van der Waals surface area (Å²) >= 11 is 0. The average molecular weight is 382 g/mol. The minimum atomic E-state index is -0.267. The van der Waals surface area contributed by atoms with E-state index in [0.717, 1.165) is 16.8 Å². The van der Waals surface area contributed by atoms with E-state index in [0.29, 0.717) is 23.0 Å². The lowest BCUT2D eigenvalue weighted by atomic mass is 10.1. The smallest absolute Gasteiger partial charge is 0.243 e. The first-order valence-electron chi connectivity index (χ1n) is 8.96. The highest BCUT2D eigenvalue weighted by Crippen LogP contribution is 2.30. The predicted octanol–water partition coefficient (Wildman–Crippen LogP) is 3.40. The zero-order chi connectivity index (χ0) is 20.2. The molecule has 7 heteroatoms. The van der Waals surface area contributed by atoms with Gasteiger partial charge in [-0.15, -0.1) is 0 Å². The molecule has 29 heavy (non-hydrogen) atoms. The highest BCUT2D eigenvalue weighted by Gasteiger charge is 2.17. The number of benzene rings is 1. The minimum Gasteiger partial charge on any atom is -0.345 e. The second-order valence-electron chi connectivity index (χ2n) is 6.26. The monoisotopic (exact) mass is 382 g/mol. The van der Waals surface area contributed by atoms with E-state index in [-0.39, 0.29) is 12.5 Å². The maximum Gasteiger partial charge on any atom is 0.243 e. The molecule has 0 aliphatic carbocycles. The molecular formula is C22H18N6O. The summed E-state index contributed by atoms with van der Waals surface area (Å²) in [6.07, 6.45) is 6.41. The van der Waals surface area contributed by atoms with Crippen molar-refractivity contribution in [1.29, 1.82) is 0 Å². The highest BCUT2D eigenvalue weighted by atomic mass is 16.1. The van der Waals surface area contributed by atoms with Crippen LogP contribution in [0.15, 0.2) is 73.7 Å². The molecule has 2 radical (unpaired) electrons. The Balaban J connectivity index is 1.85. The standard InChI is InChI=1S/C22H18N6O/c1-3-19(29)25-14-18-27-20(16-9-7-15(2)8-10-16)21-22(24-12-13-28(18)21)26-17-6-4-5-11-23-17/h2-13H,1,14H2,(H,25,29)(H,23,24,26). The van der Waals surface area contributed by atoms with Gasteiger partial charge in [-0.05, 0) is 30.7 Å². The first-order valence-corrected chi connectivity index (χ1v) is 8.96. The Morgan fingerprint density at radius 2 is 1.97 bits per heavy atom. The van der Waals surface area contributed by atoms with Crippen molar-refractivity contribution in [1.82, 2.24) is 24.7 Å². The van der Waals surface area contributed by atoms with Gasteiger partial charge in [0.25, 0.3) is 0 Å². The van der Waals surface area contributed by atoms with Crippen molar-refractivity contribution in [3.05, 3.63) is 92.0 Å². The van der Waals surface area contributed by atoms with Crippen molar-refractivity contribution in [2.24, 2.45) is 0 Å². The van der Waals surface area contributed by atoms with Gasteiger partial charge in [-0.2, -0.15) is 0 Å². The summed E-state index contributed by atoms with van der Waals surface area (Å²) in [6, 6.07) is 13.0. The second kappa shape index (κ2) is 7.93. The number of aromatic nitrogens is 4. The van der Waals surface area contributed by atoms with Crippen molar-refractivity contribution < 1.29 is 4.79 Å². The zero-order valence-corrected chi connectivity index (χ0v) is 15.5. The van der Waals surface area contributed by atoms with Crippen LogP contribution in [0.4, 0.5) is 11.6 Å². The Labute approximate surface area is 168 Å². The number of hydrogen-bond donors (Lipinski definition) is 2. The molecule has 7 nitrogen and oxygen atoms in total. The third-order valence-electron chi connectivity index (χ3n) is 4.33. The molecule has 2 N–H and O–H groups in total. The maximum absolute atomic E-state index is 11.6. The number of pyridine rings is 1. The lowest BCUT2D eigenvalue weighted by Gasteiger charge is -2.08. The topological polar surface area (TPSA) is 84.2 Å². The fourth-order valence-corrected chi connectivity index (χ4v) is 2.96. The van der Waals surface area contributed by atoms with Gasteiger partial charge in [0.2, 0.25) is 5.91 Å². The summed E-state index contributed by atoms with van der Waals surface area (Å²) in [5.74, 6) is 1.66. The average Bonchev–Trinajstić information content (AvgIpc) is 3.13. The van der Waals surface area contributed by atoms with E-state index >= 15 is 0 Å². The van der Waals surface area contributed by atoms with Gasteiger partial charge in [0, 0.05) is 24.2 Å². The number of imidazole rings is 1. The van der Waals surface area contributed by atoms with Gasteiger partial charge in [-0.3, -0.25) is 9.20 Å². The molecular weight excluding hydrogens is 364 g/mol. The molecule has 1 amide bonds. The lowest BCUT2D eigenvalue weighted by Crippen LogP contribution is -2.21. The Morgan fingerprint density at radius 1 is 1.14 bits per heavy atom. The van der Waals surface area contributed by atoms with Gasteiger partial charge >= 0.3 is 0 Å². The van der Waals surface area contributed by atoms with Gasteiger partial charge in [0.1, 0.15) is 22.9 Å². The molecule has 4 rings (SSSR count). The van der Waals surface area contributed by atoms with E-state index in [4.69, 9.17) is 11.9 Å². The van der Waals surface area contributed by atoms with Crippen molar-refractivity contribution >= 4 is 23.1 Å². The van der Waals surface area contributed by atoms with Crippen LogP contribution in [0.25, 0.3) is 16.8 Å². The number of nitrogens with zero attached hydrogens (tertiary/aromatic N) is 4. The fourth-order valence-electron chi connectivity index (χ4n) is 2.96. The molecule has 3 heterocycles. The number of carbonyl (C=O) groups excluding carboxylic acids is 1. The van der Waals surface area contributed by atoms with E-state index in [9.17, 15) is 4.79 Å². The molecule has 142 valence electrons. The molecule has 0 aliphatic heterocycles. The lowest BCUT2D eigenvalue weighted by molar-refractivity contribution is -0.116. The van der Waals surface area contributed by atoms with Crippen molar-refractivity contribution in [2.75, 3.05) is 5.32 Å². The molecule has 0 bridgehead atoms. The van der Waals surface area contributed by atoms with Gasteiger partial charge in [0.05, 0.1) is 6.54 Å². The summed E-state index contributed by atoms with van der Waals surface area (Å²) < 4.78 is 1.90. The van der Waals surface area contributed by atoms with E-state index in [1.807, 2.05) is 53.1 Å². The molecule has 0 unspecified atom stereocenters. The number of fused-ring (bicyclic) bond motifs is 1. The number of amides is 1. The van der Waals surface area contributed by atoms with Crippen LogP contribution in [0.5, 0.6) is 0 Å². The van der Waals surface area contributed by atoms with Gasteiger partial charge < -0.3 is 10.6 Å². The number of rotatable bonds is 6. The summed E-state index contributed by atoms with van der Waals surface area (Å²) in [4.78, 5) is 25.2. The van der Waals surface area contributed by atoms with Crippen LogP contribution < -0.4 is 10.6 Å². The fraction of sp³-hybridized carbons (Fsp3) is 0.0455. The molecule has 0 spiro atoms. The Hall–Kier alpha value is -4.00. The van der Waals surface area contributed by atoms with Crippen LogP contribution in [0.2, 0.25) is 0 Å². The Bertz CT molecular complexity index is 1170. The van der Waals surface area contributed by atoms with E-state index in [2.05, 4.69) is 27.2 Å². The summed E-state index contributed by atoms with van der Waals surface area (Å²) in [5, 5.41) is 6.02. The molecule has 0 atom stereocenters. The second-order valence-corrected chi connectivity index (χ2v) is 6.26. The third kappa shape index (κ3) is 3.84. The van der Waals surface area contributed by atoms with Crippen molar-refractivity contribution in [3.8, 4) is 11.3 Å². The van der Waals surface area contributed by atoms with Gasteiger partial charge in [-0.1, -0.05) is 36.9 Å². The normalized spacial score (nSPS) is 10.7. The summed E-state index contributed by atoms with van der Waals surface area (Å²) in [5.41, 5.74) is 3.04. The molecule has 4 aromatic rings. The van der Waals surface area contributed by atoms with Gasteiger partial charge in [0.15, 0.2) is 5.82 Å². The minimum absolute atomic E-state index is 0.244. The molecule has 0 saturated carbocycles. The van der Waals surface area contributed by atoms with Crippen LogP contribution in [-0.4, -0.2) is 25.3 Å². The number of nitrogens with one attached hydrogen (secondary N) is 2. The van der Waals surface area contributed by atoms with Crippen LogP contribution in [0, 0.1) is 6.92 Å². The van der Waals surface area contributed by atoms with Crippen LogP contribution in [0.1, 0.15) is 11.4 Å². The van der Waals surface area contributed by atoms with Crippen molar-refractivity contribution in [3.63, 3.8) is 0 Å². The summed E-state index contributed by atoms with van der Waals surface area (Å²) in [7, 11) is 0. The Morgan fingerprint density at radius 3 is 2.69 bits per heavy atom. The largest absolute Gasteiger partial charge is 0.345 e. The van der Waals surface area contributed by atoms with E-state index < -0.39 is 0 Å². The molecule has 0 aliphatic rings. The first kappa shape index (κ1) is 18.4. The SMILES string of the molecule is [CH]c1ccc(-c2nc(CNC(=O)C=C)n3ccnc(Nc4ccccn4)c23)cc1. The van der Waals surface area contributed by atoms with Crippen LogP contribution in [0.3, 0.4) is 0 Å². The predicted molar refractivity (Wildman–Crippen MR) is 111 cm³/mol. The number of carbonyl (C=O) groups is 1. The van der Waals surface area contributed by atoms with Crippen LogP contribution >= 0.6 is 0 Å². The van der Waals surface area contributed by atoms with Crippen molar-refractivity contribution in [2.45, 2.75) is 6.54 Å². The maximum atomic E-state index is 11.6.